The summed E-state index contributed by atoms with van der Waals surface area (Å²) in [6.45, 7) is -18.6. The number of aryl methyl sites for hydroxylation is 1. The summed E-state index contributed by atoms with van der Waals surface area (Å²) in [5.74, 6) is -1.07. The Hall–Kier alpha value is -5.15. The van der Waals surface area contributed by atoms with Gasteiger partial charge >= 0.3 is 27.0 Å². The van der Waals surface area contributed by atoms with Crippen LogP contribution in [0, 0.1) is 6.92 Å². The van der Waals surface area contributed by atoms with Gasteiger partial charge in [-0.3, -0.25) is 65.0 Å². The zero-order valence-corrected chi connectivity index (χ0v) is 53.1. The highest BCUT2D eigenvalue weighted by Crippen LogP contribution is 2.60. The fraction of sp³-hybridized carbons (Fsp3) is 0.545. The average Bonchev–Trinajstić information content (AvgIpc) is 1.63. The molecule has 14 heterocycles. The van der Waals surface area contributed by atoms with Gasteiger partial charge in [0.15, 0.2) is 107 Å². The molecule has 11 N–H and O–H groups in total. The number of nitrogen functional groups attached to an aromatic ring is 1. The summed E-state index contributed by atoms with van der Waals surface area (Å²) in [5, 5.41) is 0. The quantitative estimate of drug-likeness (QED) is 0.0692. The monoisotopic (exact) mass is 1470 g/mol. The molecule has 8 aliphatic rings. The van der Waals surface area contributed by atoms with E-state index in [0.29, 0.717) is 0 Å². The summed E-state index contributed by atoms with van der Waals surface area (Å²) in [4.78, 5) is 119. The van der Waals surface area contributed by atoms with Gasteiger partial charge in [-0.1, -0.05) is 19.7 Å². The van der Waals surface area contributed by atoms with E-state index in [9.17, 15) is 38.4 Å². The van der Waals surface area contributed by atoms with E-state index < -0.39 is 174 Å². The van der Waals surface area contributed by atoms with Gasteiger partial charge in [0, 0.05) is 0 Å². The Kier molecular flexibility index (Phi) is 18.5. The van der Waals surface area contributed by atoms with Crippen molar-refractivity contribution in [2.24, 2.45) is 21.5 Å². The number of rotatable bonds is 4. The molecular formula is C44H51F4N17O20P4S4. The zero-order valence-electron chi connectivity index (χ0n) is 46.1. The third kappa shape index (κ3) is 13.1. The average molecular weight is 1470 g/mol. The lowest BCUT2D eigenvalue weighted by Crippen LogP contribution is -2.37. The van der Waals surface area contributed by atoms with Crippen molar-refractivity contribution in [1.82, 2.24) is 58.1 Å². The number of hydrogen-bond donors (Lipinski definition) is 9. The smallest absolute Gasteiger partial charge is 0.386 e. The number of carbonyl (C=O) groups is 2. The van der Waals surface area contributed by atoms with Crippen LogP contribution < -0.4 is 28.3 Å². The normalized spacial score (nSPS) is 38.0. The van der Waals surface area contributed by atoms with E-state index in [2.05, 4.69) is 62.1 Å². The van der Waals surface area contributed by atoms with Crippen LogP contribution in [0.5, 0.6) is 0 Å². The van der Waals surface area contributed by atoms with Crippen LogP contribution in [0.25, 0.3) is 22.3 Å². The first kappa shape index (κ1) is 67.8. The van der Waals surface area contributed by atoms with Gasteiger partial charge in [-0.25, -0.2) is 57.0 Å². The first-order chi connectivity index (χ1) is 43.4. The number of imidazole rings is 4. The Morgan fingerprint density at radius 3 is 1.30 bits per heavy atom. The number of nitrogens with zero attached hydrogens (tertiary/aromatic N) is 12. The minimum absolute atomic E-state index is 0. The fourth-order valence-electron chi connectivity index (χ4n) is 11.0. The lowest BCUT2D eigenvalue weighted by atomic mass is 10.1. The Morgan fingerprint density at radius 2 is 0.892 bits per heavy atom. The molecular weight excluding hydrogens is 1410 g/mol. The Bertz CT molecular complexity index is 4120. The standard InChI is InChI=1S/C22H24F2N8O10P2S2.C21H23F2N9O10P2S2.CH4/c1-7-28-19-15(20(34)29-7)27-6-32(19)22-13(24)17-10(40-22)4-38-43(35,45)41-16-9(3-37-44(36,46)42-17)39-21(12(16)23)31-5-26-14-8(33)2-11(25)30-18(14)31;22-10-14-7(39-19(10)31-4-26-12-6(33)1-9(24)28-16(12)31)2-37-44(36,46)42-15-8(3-38-43(35,45)41-14)40-20(11(15)23)32-5-27-13-17(32)29-21(25)30-18(13)34;/h5-6,9-10,12-13,16-17,21-22H,2-4H2,1H3,(H2,25,30)(H,35,45)(H,36,46)(H,28,29,34);4-5,7-8,10-11,14-15,19-20H,1-3H2,(H2,24,28)(H,35,45)(H,36,46)(H3,25,29,30,34);1H4/t9-,10-,12-,13-,16-,17?,21-,22-,43?,44?;7-,8-,10-,11-,14-,15?,19-,20-,43?,44?;/m11./s1. The minimum Gasteiger partial charge on any atom is -0.387 e. The number of thiol groups is 1. The number of carbonyl (C=O) groups excluding carboxylic acids is 2. The zero-order chi connectivity index (χ0) is 65.4. The van der Waals surface area contributed by atoms with Crippen molar-refractivity contribution < 1.29 is 102 Å². The van der Waals surface area contributed by atoms with Crippen molar-refractivity contribution in [3.05, 3.63) is 63.2 Å². The van der Waals surface area contributed by atoms with Gasteiger partial charge in [-0.15, -0.1) is 0 Å². The maximum absolute atomic E-state index is 16.0. The number of ketones is 2. The molecule has 6 unspecified atom stereocenters. The van der Waals surface area contributed by atoms with Crippen molar-refractivity contribution in [2.45, 2.75) is 126 Å². The number of hydrogen-bond acceptors (Lipinski definition) is 31. The molecule has 0 aliphatic carbocycles. The van der Waals surface area contributed by atoms with E-state index in [0.717, 1.165) is 43.6 Å². The molecule has 0 bridgehead atoms. The number of ether oxygens (including phenoxy) is 4. The number of fused-ring (bicyclic) bond motifs is 8. The SMILES string of the molecule is C.Cc1nc2c(ncn2[C@@H]2O[C@@H]3COP(O)(=S)O[C@H]4[C@@H](F)[C@H](n5cnc6c5N=C(N)CC6=O)O[C@@H]4COP(=O)(S)OC3[C@H]2F)c(=O)[nH]1.NC1=Nc2c(ncn2[C@@H]2O[C@@H]3COP(O)(=S)OC4[C@@H](F)[C@H](n5cnc6c(=O)[nH]c(N)nc65)O[C@@H]4COP(O)(=S)O[C@H]3[C@H]2F)C(=O)C1. The van der Waals surface area contributed by atoms with Crippen LogP contribution in [-0.2, 0) is 95.1 Å². The van der Waals surface area contributed by atoms with Crippen LogP contribution >= 0.6 is 39.2 Å². The highest BCUT2D eigenvalue weighted by Gasteiger charge is 2.57. The molecule has 0 amide bonds. The Labute approximate surface area is 537 Å². The first-order valence-corrected chi connectivity index (χ1v) is 37.2. The lowest BCUT2D eigenvalue weighted by molar-refractivity contribution is -0.0586. The highest BCUT2D eigenvalue weighted by atomic mass is 32.7. The van der Waals surface area contributed by atoms with Crippen LogP contribution in [0.3, 0.4) is 0 Å². The molecule has 6 aromatic heterocycles. The lowest BCUT2D eigenvalue weighted by Gasteiger charge is -2.29. The number of nitrogens with two attached hydrogens (primary N) is 3. The summed E-state index contributed by atoms with van der Waals surface area (Å²) < 4.78 is 149. The molecule has 0 aromatic carbocycles. The van der Waals surface area contributed by atoms with Crippen molar-refractivity contribution in [3.8, 4) is 0 Å². The molecule has 14 rings (SSSR count). The predicted octanol–water partition coefficient (Wildman–Crippen LogP) is 1.97. The molecule has 93 heavy (non-hydrogen) atoms. The van der Waals surface area contributed by atoms with Crippen LogP contribution in [0.15, 0.2) is 44.9 Å². The van der Waals surface area contributed by atoms with E-state index in [-0.39, 0.29) is 89.1 Å². The predicted molar refractivity (Wildman–Crippen MR) is 322 cm³/mol. The largest absolute Gasteiger partial charge is 0.387 e. The van der Waals surface area contributed by atoms with E-state index in [4.69, 9.17) is 108 Å². The van der Waals surface area contributed by atoms with Crippen molar-refractivity contribution in [2.75, 3.05) is 32.2 Å². The minimum atomic E-state index is -4.45. The number of aromatic amines is 2. The molecule has 504 valence electrons. The van der Waals surface area contributed by atoms with Gasteiger partial charge in [0.25, 0.3) is 11.1 Å². The molecule has 0 radical (unpaired) electrons. The Morgan fingerprint density at radius 1 is 0.548 bits per heavy atom. The molecule has 37 nitrogen and oxygen atoms in total. The maximum atomic E-state index is 16.0. The number of amidine groups is 2. The molecule has 49 heteroatoms. The van der Waals surface area contributed by atoms with Crippen LogP contribution in [0.1, 0.15) is 72.0 Å². The van der Waals surface area contributed by atoms with Gasteiger partial charge < -0.3 is 69.4 Å². The Balaban J connectivity index is 0.000000177. The third-order valence-electron chi connectivity index (χ3n) is 15.0. The van der Waals surface area contributed by atoms with Gasteiger partial charge in [-0.2, -0.15) is 4.98 Å². The number of aromatic nitrogens is 12. The molecule has 6 saturated heterocycles. The number of nitrogens with one attached hydrogen (secondary N) is 2. The van der Waals surface area contributed by atoms with E-state index in [1.165, 1.54) is 6.92 Å². The molecule has 20 atom stereocenters. The van der Waals surface area contributed by atoms with Crippen LogP contribution in [0.4, 0.5) is 35.1 Å². The van der Waals surface area contributed by atoms with Crippen molar-refractivity contribution >= 4 is 138 Å². The summed E-state index contributed by atoms with van der Waals surface area (Å²) in [6, 6.07) is 0. The molecule has 6 aromatic rings. The fourth-order valence-corrected chi connectivity index (χ4v) is 16.8. The number of halogens is 4. The number of aliphatic imine (C=N–C) groups is 2. The second kappa shape index (κ2) is 25.4. The highest BCUT2D eigenvalue weighted by molar-refractivity contribution is 8.44. The van der Waals surface area contributed by atoms with E-state index in [1.54, 1.807) is 0 Å². The van der Waals surface area contributed by atoms with Crippen molar-refractivity contribution in [3.63, 3.8) is 0 Å². The van der Waals surface area contributed by atoms with Crippen LogP contribution in [-0.4, -0.2) is 196 Å². The van der Waals surface area contributed by atoms with Gasteiger partial charge in [0.2, 0.25) is 5.95 Å². The summed E-state index contributed by atoms with van der Waals surface area (Å²) in [6.07, 6.45) is -22.7. The molecule has 0 saturated carbocycles. The summed E-state index contributed by atoms with van der Waals surface area (Å²) >= 11 is 19.4. The number of alkyl halides is 4. The molecule has 8 aliphatic heterocycles. The molecule has 0 spiro atoms. The topological polar surface area (TPSA) is 488 Å². The van der Waals surface area contributed by atoms with Gasteiger partial charge in [0.1, 0.15) is 66.3 Å². The van der Waals surface area contributed by atoms with Crippen LogP contribution in [0.2, 0.25) is 0 Å². The van der Waals surface area contributed by atoms with Gasteiger partial charge in [-0.05, 0) is 42.3 Å². The first-order valence-electron chi connectivity index (χ1n) is 26.8. The van der Waals surface area contributed by atoms with E-state index in [1.807, 2.05) is 0 Å². The second-order valence-electron chi connectivity index (χ2n) is 21.2. The van der Waals surface area contributed by atoms with Crippen molar-refractivity contribution in [1.29, 1.82) is 0 Å². The maximum Gasteiger partial charge on any atom is 0.386 e. The molecule has 6 fully saturated rings. The number of anilines is 1. The summed E-state index contributed by atoms with van der Waals surface area (Å²) in [7, 11) is 0. The summed E-state index contributed by atoms with van der Waals surface area (Å²) in [5.41, 5.74) is 15.4. The third-order valence-corrected chi connectivity index (χ3v) is 21.3. The number of Topliss-reactive ketones (excluding diaryl/α,β-unsaturated/α-hetero) is 2. The second-order valence-corrected chi connectivity index (χ2v) is 32.4. The van der Waals surface area contributed by atoms with E-state index >= 15 is 17.6 Å². The van der Waals surface area contributed by atoms with Gasteiger partial charge in [0.05, 0.1) is 64.6 Å². The number of H-pyrrole nitrogens is 2.